The van der Waals surface area contributed by atoms with Gasteiger partial charge in [0.1, 0.15) is 11.3 Å². The smallest absolute Gasteiger partial charge is 0.225 e. The molecule has 0 amide bonds. The van der Waals surface area contributed by atoms with E-state index in [1.54, 1.807) is 0 Å². The highest BCUT2D eigenvalue weighted by molar-refractivity contribution is 6.30. The van der Waals surface area contributed by atoms with Crippen molar-refractivity contribution in [2.45, 2.75) is 19.9 Å². The zero-order chi connectivity index (χ0) is 15.9. The quantitative estimate of drug-likeness (QED) is 0.586. The fourth-order valence-electron chi connectivity index (χ4n) is 2.61. The summed E-state index contributed by atoms with van der Waals surface area (Å²) in [5, 5.41) is 0.245. The average molecular weight is 345 g/mol. The molecule has 1 saturated heterocycles. The van der Waals surface area contributed by atoms with E-state index in [0.29, 0.717) is 30.3 Å². The van der Waals surface area contributed by atoms with Crippen LogP contribution in [0, 0.1) is 11.7 Å². The van der Waals surface area contributed by atoms with Crippen molar-refractivity contribution in [1.82, 2.24) is 15.0 Å². The molecular formula is C14H15Cl2FN4O. The Labute approximate surface area is 137 Å². The first-order valence-corrected chi connectivity index (χ1v) is 7.74. The van der Waals surface area contributed by atoms with Crippen LogP contribution < -0.4 is 4.90 Å². The number of hydrogen-bond acceptors (Lipinski definition) is 5. The van der Waals surface area contributed by atoms with Gasteiger partial charge in [0.2, 0.25) is 5.28 Å². The molecule has 1 aliphatic rings. The van der Waals surface area contributed by atoms with Gasteiger partial charge in [0.05, 0.1) is 24.6 Å². The Morgan fingerprint density at radius 3 is 2.82 bits per heavy atom. The molecule has 1 aliphatic heterocycles. The Hall–Kier alpha value is -1.24. The third-order valence-corrected chi connectivity index (χ3v) is 4.10. The van der Waals surface area contributed by atoms with Crippen LogP contribution in [0.1, 0.15) is 13.8 Å². The van der Waals surface area contributed by atoms with Crippen molar-refractivity contribution in [2.75, 3.05) is 24.7 Å². The lowest BCUT2D eigenvalue weighted by molar-refractivity contribution is 0.117. The van der Waals surface area contributed by atoms with E-state index >= 15 is 0 Å². The largest absolute Gasteiger partial charge is 0.379 e. The van der Waals surface area contributed by atoms with Gasteiger partial charge < -0.3 is 9.64 Å². The SMILES string of the molecule is CC1COCC(C)N(c2nc(Cl)nc3c(F)c(Cl)ncc23)C1. The number of ether oxygens (including phenoxy) is 1. The number of pyridine rings is 1. The molecular weight excluding hydrogens is 330 g/mol. The van der Waals surface area contributed by atoms with Crippen molar-refractivity contribution in [3.63, 3.8) is 0 Å². The highest BCUT2D eigenvalue weighted by atomic mass is 35.5. The third-order valence-electron chi connectivity index (χ3n) is 3.67. The van der Waals surface area contributed by atoms with E-state index in [1.807, 2.05) is 6.92 Å². The molecule has 3 heterocycles. The molecule has 8 heteroatoms. The van der Waals surface area contributed by atoms with Crippen LogP contribution in [0.4, 0.5) is 10.2 Å². The second-order valence-electron chi connectivity index (χ2n) is 5.59. The van der Waals surface area contributed by atoms with Crippen LogP contribution in [-0.4, -0.2) is 40.8 Å². The molecule has 0 aromatic carbocycles. The second-order valence-corrected chi connectivity index (χ2v) is 6.28. The average Bonchev–Trinajstić information content (AvgIpc) is 2.64. The van der Waals surface area contributed by atoms with E-state index in [9.17, 15) is 4.39 Å². The lowest BCUT2D eigenvalue weighted by Gasteiger charge is -2.29. The lowest BCUT2D eigenvalue weighted by Crippen LogP contribution is -2.37. The first-order chi connectivity index (χ1) is 10.5. The molecule has 0 saturated carbocycles. The van der Waals surface area contributed by atoms with E-state index in [4.69, 9.17) is 27.9 Å². The maximum Gasteiger partial charge on any atom is 0.225 e. The molecule has 1 fully saturated rings. The summed E-state index contributed by atoms with van der Waals surface area (Å²) >= 11 is 11.7. The minimum Gasteiger partial charge on any atom is -0.379 e. The fraction of sp³-hybridized carbons (Fsp3) is 0.500. The van der Waals surface area contributed by atoms with Gasteiger partial charge in [-0.05, 0) is 24.4 Å². The molecule has 2 unspecified atom stereocenters. The van der Waals surface area contributed by atoms with Gasteiger partial charge >= 0.3 is 0 Å². The third kappa shape index (κ3) is 2.83. The van der Waals surface area contributed by atoms with Crippen molar-refractivity contribution < 1.29 is 9.13 Å². The van der Waals surface area contributed by atoms with Crippen LogP contribution in [0.2, 0.25) is 10.4 Å². The Morgan fingerprint density at radius 1 is 1.27 bits per heavy atom. The second kappa shape index (κ2) is 6.10. The summed E-state index contributed by atoms with van der Waals surface area (Å²) in [7, 11) is 0. The van der Waals surface area contributed by atoms with Gasteiger partial charge in [-0.1, -0.05) is 18.5 Å². The van der Waals surface area contributed by atoms with Crippen LogP contribution in [0.25, 0.3) is 10.9 Å². The van der Waals surface area contributed by atoms with Gasteiger partial charge in [-0.3, -0.25) is 0 Å². The highest BCUT2D eigenvalue weighted by Crippen LogP contribution is 2.31. The van der Waals surface area contributed by atoms with Crippen LogP contribution in [0.15, 0.2) is 6.20 Å². The monoisotopic (exact) mass is 344 g/mol. The molecule has 2 atom stereocenters. The maximum atomic E-state index is 14.2. The molecule has 2 aromatic heterocycles. The van der Waals surface area contributed by atoms with Crippen molar-refractivity contribution in [1.29, 1.82) is 0 Å². The number of rotatable bonds is 1. The Morgan fingerprint density at radius 2 is 2.05 bits per heavy atom. The van der Waals surface area contributed by atoms with Crippen LogP contribution >= 0.6 is 23.2 Å². The number of nitrogens with zero attached hydrogens (tertiary/aromatic N) is 4. The van der Waals surface area contributed by atoms with Crippen molar-refractivity contribution in [3.05, 3.63) is 22.5 Å². The molecule has 0 spiro atoms. The van der Waals surface area contributed by atoms with Gasteiger partial charge in [-0.15, -0.1) is 0 Å². The molecule has 0 aliphatic carbocycles. The number of halogens is 3. The predicted molar refractivity (Wildman–Crippen MR) is 84.1 cm³/mol. The van der Waals surface area contributed by atoms with Gasteiger partial charge in [0, 0.05) is 12.7 Å². The maximum absolute atomic E-state index is 14.2. The number of hydrogen-bond donors (Lipinski definition) is 0. The molecule has 2 aromatic rings. The van der Waals surface area contributed by atoms with E-state index in [2.05, 4.69) is 26.8 Å². The van der Waals surface area contributed by atoms with Crippen molar-refractivity contribution in [2.24, 2.45) is 5.92 Å². The summed E-state index contributed by atoms with van der Waals surface area (Å²) in [6.45, 7) is 6.09. The standard InChI is InChI=1S/C14H15Cl2FN4O/c1-7-4-21(8(2)6-22-5-7)13-9-3-18-12(15)10(17)11(9)19-14(16)20-13/h3,7-8H,4-6H2,1-2H3. The van der Waals surface area contributed by atoms with E-state index in [1.165, 1.54) is 6.20 Å². The fourth-order valence-corrected chi connectivity index (χ4v) is 2.91. The van der Waals surface area contributed by atoms with E-state index < -0.39 is 5.82 Å². The lowest BCUT2D eigenvalue weighted by atomic mass is 10.1. The van der Waals surface area contributed by atoms with Gasteiger partial charge in [0.15, 0.2) is 11.0 Å². The summed E-state index contributed by atoms with van der Waals surface area (Å²) in [5.74, 6) is 0.193. The van der Waals surface area contributed by atoms with Crippen molar-refractivity contribution in [3.8, 4) is 0 Å². The topological polar surface area (TPSA) is 51.1 Å². The summed E-state index contributed by atoms with van der Waals surface area (Å²) < 4.78 is 19.8. The highest BCUT2D eigenvalue weighted by Gasteiger charge is 2.26. The molecule has 118 valence electrons. The minimum absolute atomic E-state index is 0.0197. The zero-order valence-electron chi connectivity index (χ0n) is 12.2. The Balaban J connectivity index is 2.19. The first kappa shape index (κ1) is 15.6. The number of fused-ring (bicyclic) bond motifs is 1. The Kier molecular flexibility index (Phi) is 4.34. The van der Waals surface area contributed by atoms with E-state index in [0.717, 1.165) is 6.54 Å². The molecule has 22 heavy (non-hydrogen) atoms. The minimum atomic E-state index is -0.684. The summed E-state index contributed by atoms with van der Waals surface area (Å²) in [5.41, 5.74) is 0.0834. The van der Waals surface area contributed by atoms with Crippen molar-refractivity contribution >= 4 is 39.9 Å². The van der Waals surface area contributed by atoms with Crippen LogP contribution in [0.5, 0.6) is 0 Å². The van der Waals surface area contributed by atoms with Gasteiger partial charge in [-0.25, -0.2) is 14.4 Å². The summed E-state index contributed by atoms with van der Waals surface area (Å²) in [6.07, 6.45) is 1.48. The molecule has 3 rings (SSSR count). The normalized spacial score (nSPS) is 22.9. The number of aromatic nitrogens is 3. The molecule has 0 radical (unpaired) electrons. The van der Waals surface area contributed by atoms with Crippen LogP contribution in [-0.2, 0) is 4.74 Å². The van der Waals surface area contributed by atoms with Crippen LogP contribution in [0.3, 0.4) is 0 Å². The summed E-state index contributed by atoms with van der Waals surface area (Å²) in [4.78, 5) is 14.2. The molecule has 0 bridgehead atoms. The first-order valence-electron chi connectivity index (χ1n) is 6.99. The summed E-state index contributed by atoms with van der Waals surface area (Å²) in [6, 6.07) is 0.0813. The zero-order valence-corrected chi connectivity index (χ0v) is 13.7. The Bertz CT molecular complexity index is 715. The molecule has 5 nitrogen and oxygen atoms in total. The predicted octanol–water partition coefficient (Wildman–Crippen LogP) is 3.33. The van der Waals surface area contributed by atoms with E-state index in [-0.39, 0.29) is 22.0 Å². The van der Waals surface area contributed by atoms with Gasteiger partial charge in [0.25, 0.3) is 0 Å². The molecule has 0 N–H and O–H groups in total. The number of anilines is 1. The van der Waals surface area contributed by atoms with Gasteiger partial charge in [-0.2, -0.15) is 4.98 Å².